The third kappa shape index (κ3) is 3.13. The molecule has 2 aromatic rings. The van der Waals surface area contributed by atoms with Crippen LogP contribution in [0.5, 0.6) is 0 Å². The molecule has 4 nitrogen and oxygen atoms in total. The van der Waals surface area contributed by atoms with Gasteiger partial charge in [0.1, 0.15) is 0 Å². The Hall–Kier alpha value is -2.72. The Morgan fingerprint density at radius 3 is 2.56 bits per heavy atom. The standard InChI is InChI=1S/C20H18ClNO3/c1-13-6-9-17(24-2)20(25-3)18(13)19(23)15-12-14(21)7-8-16(15)22-10-4-5-11-22/h4-5,7-12H,1,6H2,2-3H3. The fourth-order valence-corrected chi connectivity index (χ4v) is 3.05. The van der Waals surface area contributed by atoms with E-state index in [1.807, 2.05) is 41.2 Å². The Morgan fingerprint density at radius 2 is 1.92 bits per heavy atom. The fraction of sp³-hybridized carbons (Fsp3) is 0.150. The van der Waals surface area contributed by atoms with E-state index in [0.29, 0.717) is 39.7 Å². The van der Waals surface area contributed by atoms with Gasteiger partial charge >= 0.3 is 0 Å². The average molecular weight is 356 g/mol. The molecule has 0 saturated carbocycles. The molecule has 0 N–H and O–H groups in total. The van der Waals surface area contributed by atoms with Crippen molar-refractivity contribution in [3.05, 3.63) is 88.6 Å². The zero-order chi connectivity index (χ0) is 18.0. The molecule has 3 rings (SSSR count). The van der Waals surface area contributed by atoms with Gasteiger partial charge in [0.05, 0.1) is 25.5 Å². The molecule has 0 unspecified atom stereocenters. The molecule has 0 amide bonds. The first-order valence-electron chi connectivity index (χ1n) is 7.75. The van der Waals surface area contributed by atoms with Crippen LogP contribution in [0.4, 0.5) is 0 Å². The van der Waals surface area contributed by atoms with Crippen molar-refractivity contribution < 1.29 is 14.3 Å². The molecule has 1 heterocycles. The number of ketones is 1. The zero-order valence-electron chi connectivity index (χ0n) is 14.1. The summed E-state index contributed by atoms with van der Waals surface area (Å²) >= 11 is 6.16. The number of rotatable bonds is 5. The van der Waals surface area contributed by atoms with Crippen molar-refractivity contribution in [1.29, 1.82) is 0 Å². The van der Waals surface area contributed by atoms with Gasteiger partial charge in [0.25, 0.3) is 0 Å². The van der Waals surface area contributed by atoms with Crippen LogP contribution in [0.2, 0.25) is 5.02 Å². The van der Waals surface area contributed by atoms with Crippen LogP contribution in [0, 0.1) is 0 Å². The van der Waals surface area contributed by atoms with E-state index < -0.39 is 0 Å². The number of allylic oxidation sites excluding steroid dienone is 3. The van der Waals surface area contributed by atoms with E-state index in [9.17, 15) is 4.79 Å². The number of carbonyl (C=O) groups excluding carboxylic acids is 1. The number of aromatic nitrogens is 1. The lowest BCUT2D eigenvalue weighted by molar-refractivity contribution is 0.102. The van der Waals surface area contributed by atoms with Crippen LogP contribution in [-0.2, 0) is 9.47 Å². The lowest BCUT2D eigenvalue weighted by Gasteiger charge is -2.21. The molecule has 1 aromatic heterocycles. The number of methoxy groups -OCH3 is 2. The van der Waals surface area contributed by atoms with Gasteiger partial charge in [-0.05, 0) is 48.4 Å². The number of carbonyl (C=O) groups is 1. The van der Waals surface area contributed by atoms with Crippen LogP contribution in [0.25, 0.3) is 5.69 Å². The number of benzene rings is 1. The molecule has 0 spiro atoms. The number of ether oxygens (including phenoxy) is 2. The summed E-state index contributed by atoms with van der Waals surface area (Å²) in [7, 11) is 3.06. The van der Waals surface area contributed by atoms with E-state index in [-0.39, 0.29) is 5.78 Å². The number of Topliss-reactive ketones (excluding diaryl/α,β-unsaturated/α-hetero) is 1. The van der Waals surface area contributed by atoms with Crippen molar-refractivity contribution in [2.24, 2.45) is 0 Å². The van der Waals surface area contributed by atoms with Gasteiger partial charge in [0.15, 0.2) is 17.3 Å². The molecular formula is C20H18ClNO3. The van der Waals surface area contributed by atoms with Gasteiger partial charge in [0.2, 0.25) is 0 Å². The van der Waals surface area contributed by atoms with Crippen LogP contribution in [0.15, 0.2) is 78.0 Å². The Kier molecular flexibility index (Phi) is 4.81. The first-order chi connectivity index (χ1) is 12.1. The second kappa shape index (κ2) is 7.03. The number of hydrogen-bond acceptors (Lipinski definition) is 3. The van der Waals surface area contributed by atoms with Crippen LogP contribution < -0.4 is 0 Å². The lowest BCUT2D eigenvalue weighted by atomic mass is 9.90. The molecule has 0 radical (unpaired) electrons. The van der Waals surface area contributed by atoms with Gasteiger partial charge in [-0.1, -0.05) is 18.2 Å². The van der Waals surface area contributed by atoms with Crippen LogP contribution in [0.1, 0.15) is 16.8 Å². The normalized spacial score (nSPS) is 14.4. The van der Waals surface area contributed by atoms with Crippen LogP contribution >= 0.6 is 11.6 Å². The molecule has 1 aliphatic rings. The highest BCUT2D eigenvalue weighted by molar-refractivity contribution is 6.31. The van der Waals surface area contributed by atoms with Crippen molar-refractivity contribution in [2.75, 3.05) is 14.2 Å². The largest absolute Gasteiger partial charge is 0.493 e. The third-order valence-corrected chi connectivity index (χ3v) is 4.31. The summed E-state index contributed by atoms with van der Waals surface area (Å²) in [5.74, 6) is 0.723. The molecule has 1 aromatic carbocycles. The minimum absolute atomic E-state index is 0.198. The molecule has 0 atom stereocenters. The van der Waals surface area contributed by atoms with Gasteiger partial charge in [-0.2, -0.15) is 0 Å². The summed E-state index contributed by atoms with van der Waals surface area (Å²) in [6.07, 6.45) is 6.13. The maximum atomic E-state index is 13.4. The molecule has 25 heavy (non-hydrogen) atoms. The first kappa shape index (κ1) is 17.1. The highest BCUT2D eigenvalue weighted by Gasteiger charge is 2.28. The molecule has 5 heteroatoms. The monoisotopic (exact) mass is 355 g/mol. The van der Waals surface area contributed by atoms with Gasteiger partial charge in [0, 0.05) is 23.0 Å². The molecule has 0 saturated heterocycles. The van der Waals surface area contributed by atoms with Gasteiger partial charge in [-0.3, -0.25) is 4.79 Å². The molecule has 0 bridgehead atoms. The topological polar surface area (TPSA) is 40.5 Å². The van der Waals surface area contributed by atoms with Crippen molar-refractivity contribution in [3.8, 4) is 5.69 Å². The Balaban J connectivity index is 2.18. The summed E-state index contributed by atoms with van der Waals surface area (Å²) in [5, 5.41) is 0.489. The van der Waals surface area contributed by atoms with E-state index in [2.05, 4.69) is 6.58 Å². The maximum Gasteiger partial charge on any atom is 0.199 e. The maximum absolute atomic E-state index is 13.4. The second-order valence-electron chi connectivity index (χ2n) is 5.57. The number of hydrogen-bond donors (Lipinski definition) is 0. The van der Waals surface area contributed by atoms with Crippen molar-refractivity contribution in [3.63, 3.8) is 0 Å². The SMILES string of the molecule is C=C1CC=C(OC)C(OC)=C1C(=O)c1cc(Cl)ccc1-n1cccc1. The van der Waals surface area contributed by atoms with Gasteiger partial charge < -0.3 is 14.0 Å². The Labute approximate surface area is 151 Å². The van der Waals surface area contributed by atoms with E-state index >= 15 is 0 Å². The number of halogens is 1. The molecule has 0 fully saturated rings. The highest BCUT2D eigenvalue weighted by Crippen LogP contribution is 2.33. The molecule has 0 aliphatic heterocycles. The zero-order valence-corrected chi connectivity index (χ0v) is 14.8. The van der Waals surface area contributed by atoms with Crippen molar-refractivity contribution >= 4 is 17.4 Å². The summed E-state index contributed by atoms with van der Waals surface area (Å²) in [6, 6.07) is 9.04. The molecular weight excluding hydrogens is 338 g/mol. The molecule has 1 aliphatic carbocycles. The van der Waals surface area contributed by atoms with E-state index in [0.717, 1.165) is 5.69 Å². The smallest absolute Gasteiger partial charge is 0.199 e. The van der Waals surface area contributed by atoms with Crippen LogP contribution in [-0.4, -0.2) is 24.6 Å². The second-order valence-corrected chi connectivity index (χ2v) is 6.01. The summed E-state index contributed by atoms with van der Waals surface area (Å²) < 4.78 is 12.7. The third-order valence-electron chi connectivity index (χ3n) is 4.08. The van der Waals surface area contributed by atoms with E-state index in [1.54, 1.807) is 19.2 Å². The predicted octanol–water partition coefficient (Wildman–Crippen LogP) is 4.70. The first-order valence-corrected chi connectivity index (χ1v) is 8.13. The van der Waals surface area contributed by atoms with E-state index in [1.165, 1.54) is 7.11 Å². The minimum Gasteiger partial charge on any atom is -0.493 e. The van der Waals surface area contributed by atoms with Crippen molar-refractivity contribution in [2.45, 2.75) is 6.42 Å². The Morgan fingerprint density at radius 1 is 1.20 bits per heavy atom. The van der Waals surface area contributed by atoms with E-state index in [4.69, 9.17) is 21.1 Å². The minimum atomic E-state index is -0.198. The van der Waals surface area contributed by atoms with Crippen LogP contribution in [0.3, 0.4) is 0 Å². The fourth-order valence-electron chi connectivity index (χ4n) is 2.88. The van der Waals surface area contributed by atoms with Crippen molar-refractivity contribution in [1.82, 2.24) is 4.57 Å². The highest BCUT2D eigenvalue weighted by atomic mass is 35.5. The Bertz CT molecular complexity index is 892. The number of nitrogens with zero attached hydrogens (tertiary/aromatic N) is 1. The lowest BCUT2D eigenvalue weighted by Crippen LogP contribution is -2.16. The summed E-state index contributed by atoms with van der Waals surface area (Å²) in [6.45, 7) is 4.03. The molecule has 128 valence electrons. The average Bonchev–Trinajstić information content (AvgIpc) is 3.15. The summed E-state index contributed by atoms with van der Waals surface area (Å²) in [4.78, 5) is 13.4. The quantitative estimate of drug-likeness (QED) is 0.729. The van der Waals surface area contributed by atoms with Gasteiger partial charge in [-0.25, -0.2) is 0 Å². The predicted molar refractivity (Wildman–Crippen MR) is 98.0 cm³/mol. The van der Waals surface area contributed by atoms with Gasteiger partial charge in [-0.15, -0.1) is 0 Å². The summed E-state index contributed by atoms with van der Waals surface area (Å²) in [5.41, 5.74) is 2.31.